The van der Waals surface area contributed by atoms with Crippen molar-refractivity contribution in [2.45, 2.75) is 38.5 Å². The van der Waals surface area contributed by atoms with Crippen LogP contribution in [0, 0.1) is 0 Å². The van der Waals surface area contributed by atoms with Crippen molar-refractivity contribution in [1.29, 1.82) is 0 Å². The second kappa shape index (κ2) is 14.2. The molecule has 332 valence electrons. The highest BCUT2D eigenvalue weighted by atomic mass is 32.1. The molecule has 0 bridgehead atoms. The van der Waals surface area contributed by atoms with Gasteiger partial charge in [-0.05, 0) is 116 Å². The lowest BCUT2D eigenvalue weighted by Crippen LogP contribution is -2.16. The fourth-order valence-electron chi connectivity index (χ4n) is 12.5. The Morgan fingerprint density at radius 3 is 1.76 bits per heavy atom. The first-order chi connectivity index (χ1) is 34.2. The molecule has 0 spiro atoms. The zero-order chi connectivity index (χ0) is 46.6. The number of benzene rings is 10. The van der Waals surface area contributed by atoms with Crippen molar-refractivity contribution in [3.63, 3.8) is 0 Å². The van der Waals surface area contributed by atoms with Crippen LogP contribution < -0.4 is 4.90 Å². The third-order valence-electron chi connectivity index (χ3n) is 15.9. The van der Waals surface area contributed by atoms with E-state index in [4.69, 9.17) is 8.83 Å². The maximum absolute atomic E-state index is 7.53. The van der Waals surface area contributed by atoms with Gasteiger partial charge in [-0.3, -0.25) is 0 Å². The molecule has 0 radical (unpaired) electrons. The van der Waals surface area contributed by atoms with E-state index in [0.29, 0.717) is 0 Å². The summed E-state index contributed by atoms with van der Waals surface area (Å²) in [5, 5.41) is 6.82. The summed E-state index contributed by atoms with van der Waals surface area (Å²) in [7, 11) is 0. The summed E-state index contributed by atoms with van der Waals surface area (Å²) in [6.45, 7) is 9.41. The Morgan fingerprint density at radius 1 is 0.386 bits per heavy atom. The van der Waals surface area contributed by atoms with Crippen LogP contribution in [-0.2, 0) is 10.8 Å². The Kier molecular flexibility index (Phi) is 8.07. The molecular formula is C66H45NO2S. The zero-order valence-electron chi connectivity index (χ0n) is 39.2. The fraction of sp³-hybridized carbons (Fsp3) is 0.0909. The second-order valence-electron chi connectivity index (χ2n) is 20.3. The SMILES string of the molecule is CC1(C)c2ccccc2-c2ccc(-c3c4oc5c(N(c6ccc(-c7cccc8c7sc7ccccc78)cc6)c6ccc7c(c6)C(C)(C)c6ccccc6-7)cccc5c4cc4oc5ccccc5c34)cc21. The van der Waals surface area contributed by atoms with Crippen LogP contribution in [0.25, 0.3) is 109 Å². The number of hydrogen-bond donors (Lipinski definition) is 0. The van der Waals surface area contributed by atoms with E-state index in [2.05, 4.69) is 233 Å². The van der Waals surface area contributed by atoms with E-state index in [0.717, 1.165) is 72.1 Å². The van der Waals surface area contributed by atoms with Gasteiger partial charge < -0.3 is 13.7 Å². The summed E-state index contributed by atoms with van der Waals surface area (Å²) in [5.74, 6) is 0. The number of thiophene rings is 1. The summed E-state index contributed by atoms with van der Waals surface area (Å²) >= 11 is 1.87. The third-order valence-corrected chi connectivity index (χ3v) is 17.1. The van der Waals surface area contributed by atoms with E-state index >= 15 is 0 Å². The van der Waals surface area contributed by atoms with Gasteiger partial charge in [0.2, 0.25) is 0 Å². The lowest BCUT2D eigenvalue weighted by Gasteiger charge is -2.28. The topological polar surface area (TPSA) is 29.5 Å². The third kappa shape index (κ3) is 5.40. The minimum absolute atomic E-state index is 0.166. The molecule has 3 aromatic heterocycles. The first kappa shape index (κ1) is 39.8. The maximum atomic E-state index is 7.53. The number of para-hydroxylation sites is 2. The molecule has 10 aromatic carbocycles. The van der Waals surface area contributed by atoms with Gasteiger partial charge in [-0.2, -0.15) is 0 Å². The molecule has 4 heteroatoms. The molecule has 0 saturated carbocycles. The van der Waals surface area contributed by atoms with Crippen molar-refractivity contribution in [3.8, 4) is 44.5 Å². The minimum Gasteiger partial charge on any atom is -0.456 e. The molecule has 15 rings (SSSR count). The first-order valence-electron chi connectivity index (χ1n) is 24.3. The standard InChI is InChI=1S/C66H45NO2S/c1-65(2)52-22-9-5-15-43(52)45-33-29-39(35-54(45)65)60-61-50-18-7-11-25-57(50)68-58(61)37-51-48-20-14-24-56(62(48)69-63(51)60)67(41-32-34-46-44-16-6-10-23-53(44)66(3,4)55(46)36-41)40-30-27-38(28-31-40)42-19-13-21-49-47-17-8-12-26-59(47)70-64(42)49/h5-37H,1-4H3. The van der Waals surface area contributed by atoms with Gasteiger partial charge >= 0.3 is 0 Å². The number of rotatable bonds is 5. The molecule has 13 aromatic rings. The van der Waals surface area contributed by atoms with E-state index in [9.17, 15) is 0 Å². The van der Waals surface area contributed by atoms with E-state index in [1.807, 2.05) is 11.3 Å². The summed E-state index contributed by atoms with van der Waals surface area (Å²) < 4.78 is 16.9. The zero-order valence-corrected chi connectivity index (χ0v) is 40.0. The highest BCUT2D eigenvalue weighted by Gasteiger charge is 2.38. The van der Waals surface area contributed by atoms with Gasteiger partial charge in [0.05, 0.1) is 5.69 Å². The normalized spacial score (nSPS) is 14.2. The summed E-state index contributed by atoms with van der Waals surface area (Å²) in [6.07, 6.45) is 0. The number of nitrogens with zero attached hydrogens (tertiary/aromatic N) is 1. The van der Waals surface area contributed by atoms with Gasteiger partial charge in [-0.1, -0.05) is 173 Å². The Balaban J connectivity index is 0.965. The monoisotopic (exact) mass is 915 g/mol. The van der Waals surface area contributed by atoms with E-state index < -0.39 is 0 Å². The molecule has 0 aliphatic heterocycles. The average Bonchev–Trinajstić information content (AvgIpc) is 4.18. The van der Waals surface area contributed by atoms with Crippen LogP contribution in [0.15, 0.2) is 209 Å². The quantitative estimate of drug-likeness (QED) is 0.172. The van der Waals surface area contributed by atoms with Gasteiger partial charge in [-0.15, -0.1) is 11.3 Å². The van der Waals surface area contributed by atoms with Crippen molar-refractivity contribution in [2.75, 3.05) is 4.90 Å². The predicted octanol–water partition coefficient (Wildman–Crippen LogP) is 19.3. The van der Waals surface area contributed by atoms with Gasteiger partial charge in [-0.25, -0.2) is 0 Å². The van der Waals surface area contributed by atoms with Crippen molar-refractivity contribution in [2.24, 2.45) is 0 Å². The van der Waals surface area contributed by atoms with E-state index in [1.54, 1.807) is 0 Å². The second-order valence-corrected chi connectivity index (χ2v) is 21.4. The molecule has 70 heavy (non-hydrogen) atoms. The molecule has 3 heterocycles. The number of hydrogen-bond acceptors (Lipinski definition) is 4. The summed E-state index contributed by atoms with van der Waals surface area (Å²) in [6, 6.07) is 73.6. The molecule has 0 N–H and O–H groups in total. The molecule has 2 aliphatic carbocycles. The van der Waals surface area contributed by atoms with Crippen LogP contribution in [-0.4, -0.2) is 0 Å². The number of fused-ring (bicyclic) bond motifs is 15. The van der Waals surface area contributed by atoms with Crippen LogP contribution in [0.3, 0.4) is 0 Å². The minimum atomic E-state index is -0.177. The molecule has 0 amide bonds. The predicted molar refractivity (Wildman–Crippen MR) is 295 cm³/mol. The lowest BCUT2D eigenvalue weighted by atomic mass is 9.81. The van der Waals surface area contributed by atoms with Crippen LogP contribution in [0.1, 0.15) is 49.9 Å². The fourth-order valence-corrected chi connectivity index (χ4v) is 13.7. The van der Waals surface area contributed by atoms with Crippen LogP contribution in [0.2, 0.25) is 0 Å². The smallest absolute Gasteiger partial charge is 0.159 e. The summed E-state index contributed by atoms with van der Waals surface area (Å²) in [5.41, 5.74) is 21.3. The molecule has 3 nitrogen and oxygen atoms in total. The Bertz CT molecular complexity index is 4370. The number of furan rings is 2. The highest BCUT2D eigenvalue weighted by Crippen LogP contribution is 2.55. The van der Waals surface area contributed by atoms with E-state index in [1.165, 1.54) is 75.8 Å². The van der Waals surface area contributed by atoms with Crippen LogP contribution >= 0.6 is 11.3 Å². The van der Waals surface area contributed by atoms with Crippen molar-refractivity contribution < 1.29 is 8.83 Å². The Morgan fingerprint density at radius 2 is 0.971 bits per heavy atom. The van der Waals surface area contributed by atoms with Crippen molar-refractivity contribution >= 4 is 92.4 Å². The molecule has 0 saturated heterocycles. The summed E-state index contributed by atoms with van der Waals surface area (Å²) in [4.78, 5) is 2.40. The molecule has 0 fully saturated rings. The van der Waals surface area contributed by atoms with Gasteiger partial charge in [0.15, 0.2) is 5.58 Å². The molecule has 0 atom stereocenters. The molecule has 2 aliphatic rings. The first-order valence-corrected chi connectivity index (χ1v) is 25.1. The van der Waals surface area contributed by atoms with Crippen molar-refractivity contribution in [3.05, 3.63) is 222 Å². The van der Waals surface area contributed by atoms with Crippen molar-refractivity contribution in [1.82, 2.24) is 0 Å². The van der Waals surface area contributed by atoms with Crippen LogP contribution in [0.4, 0.5) is 17.1 Å². The van der Waals surface area contributed by atoms with Crippen LogP contribution in [0.5, 0.6) is 0 Å². The lowest BCUT2D eigenvalue weighted by molar-refractivity contribution is 0.659. The highest BCUT2D eigenvalue weighted by molar-refractivity contribution is 7.26. The van der Waals surface area contributed by atoms with Gasteiger partial charge in [0, 0.05) is 69.5 Å². The molecular weight excluding hydrogens is 871 g/mol. The maximum Gasteiger partial charge on any atom is 0.159 e. The molecule has 0 unspecified atom stereocenters. The number of anilines is 3. The van der Waals surface area contributed by atoms with Gasteiger partial charge in [0.1, 0.15) is 16.7 Å². The Labute approximate surface area is 409 Å². The largest absolute Gasteiger partial charge is 0.456 e. The average molecular weight is 916 g/mol. The Hall–Kier alpha value is -8.18. The van der Waals surface area contributed by atoms with Gasteiger partial charge in [0.25, 0.3) is 0 Å². The van der Waals surface area contributed by atoms with E-state index in [-0.39, 0.29) is 10.8 Å².